The van der Waals surface area contributed by atoms with Crippen LogP contribution in [0.4, 0.5) is 0 Å². The van der Waals surface area contributed by atoms with Crippen LogP contribution < -0.4 is 4.74 Å². The third-order valence-corrected chi connectivity index (χ3v) is 3.25. The molecule has 0 bridgehead atoms. The highest BCUT2D eigenvalue weighted by Crippen LogP contribution is 2.22. The number of carbonyl (C=O) groups excluding carboxylic acids is 1. The molecular formula is C15H19NO3. The number of ether oxygens (including phenoxy) is 2. The van der Waals surface area contributed by atoms with Gasteiger partial charge in [0, 0.05) is 18.7 Å². The van der Waals surface area contributed by atoms with Crippen LogP contribution in [0, 0.1) is 0 Å². The summed E-state index contributed by atoms with van der Waals surface area (Å²) in [5.74, 6) is 0.854. The number of amides is 1. The molecule has 0 spiro atoms. The van der Waals surface area contributed by atoms with Gasteiger partial charge in [-0.15, -0.1) is 0 Å². The SMILES string of the molecule is C=Cc1ccc(CC(=O)N2CCOCC2)c(OC)c1. The molecule has 1 aliphatic heterocycles. The van der Waals surface area contributed by atoms with Gasteiger partial charge in [0.25, 0.3) is 0 Å². The first-order valence-electron chi connectivity index (χ1n) is 6.39. The molecule has 1 aromatic carbocycles. The fourth-order valence-corrected chi connectivity index (χ4v) is 2.12. The zero-order valence-corrected chi connectivity index (χ0v) is 11.2. The molecule has 0 saturated carbocycles. The molecule has 19 heavy (non-hydrogen) atoms. The van der Waals surface area contributed by atoms with E-state index < -0.39 is 0 Å². The first kappa shape index (κ1) is 13.6. The molecule has 1 fully saturated rings. The molecule has 0 aromatic heterocycles. The summed E-state index contributed by atoms with van der Waals surface area (Å²) in [6, 6.07) is 5.76. The van der Waals surface area contributed by atoms with Gasteiger partial charge in [-0.05, 0) is 11.6 Å². The van der Waals surface area contributed by atoms with Crippen molar-refractivity contribution in [2.24, 2.45) is 0 Å². The van der Waals surface area contributed by atoms with Crippen molar-refractivity contribution in [1.29, 1.82) is 0 Å². The number of hydrogen-bond donors (Lipinski definition) is 0. The van der Waals surface area contributed by atoms with Gasteiger partial charge in [-0.3, -0.25) is 4.79 Å². The maximum atomic E-state index is 12.2. The molecule has 1 aliphatic rings. The summed E-state index contributed by atoms with van der Waals surface area (Å²) >= 11 is 0. The van der Waals surface area contributed by atoms with E-state index in [0.717, 1.165) is 16.9 Å². The van der Waals surface area contributed by atoms with Crippen LogP contribution in [-0.4, -0.2) is 44.2 Å². The van der Waals surface area contributed by atoms with Gasteiger partial charge >= 0.3 is 0 Å². The number of carbonyl (C=O) groups is 1. The summed E-state index contributed by atoms with van der Waals surface area (Å²) in [6.45, 7) is 6.32. The minimum absolute atomic E-state index is 0.118. The normalized spacial score (nSPS) is 15.1. The first-order chi connectivity index (χ1) is 9.24. The Morgan fingerprint density at radius 2 is 2.21 bits per heavy atom. The molecule has 102 valence electrons. The molecule has 1 heterocycles. The molecule has 0 N–H and O–H groups in total. The van der Waals surface area contributed by atoms with E-state index >= 15 is 0 Å². The van der Waals surface area contributed by atoms with E-state index in [4.69, 9.17) is 9.47 Å². The van der Waals surface area contributed by atoms with E-state index in [1.165, 1.54) is 0 Å². The Bertz CT molecular complexity index is 464. The molecule has 0 radical (unpaired) electrons. The number of methoxy groups -OCH3 is 1. The predicted octanol–water partition coefficient (Wildman–Crippen LogP) is 1.74. The minimum Gasteiger partial charge on any atom is -0.496 e. The molecule has 0 aliphatic carbocycles. The van der Waals surface area contributed by atoms with Gasteiger partial charge in [-0.25, -0.2) is 0 Å². The van der Waals surface area contributed by atoms with E-state index in [1.54, 1.807) is 13.2 Å². The lowest BCUT2D eigenvalue weighted by molar-refractivity contribution is -0.134. The van der Waals surface area contributed by atoms with Crippen molar-refractivity contribution in [3.63, 3.8) is 0 Å². The maximum absolute atomic E-state index is 12.2. The monoisotopic (exact) mass is 261 g/mol. The summed E-state index contributed by atoms with van der Waals surface area (Å²) < 4.78 is 10.6. The van der Waals surface area contributed by atoms with Crippen molar-refractivity contribution >= 4 is 12.0 Å². The smallest absolute Gasteiger partial charge is 0.227 e. The van der Waals surface area contributed by atoms with Gasteiger partial charge in [-0.2, -0.15) is 0 Å². The quantitative estimate of drug-likeness (QED) is 0.828. The minimum atomic E-state index is 0.118. The fraction of sp³-hybridized carbons (Fsp3) is 0.400. The standard InChI is InChI=1S/C15H19NO3/c1-3-12-4-5-13(14(10-12)18-2)11-15(17)16-6-8-19-9-7-16/h3-5,10H,1,6-9,11H2,2H3. The lowest BCUT2D eigenvalue weighted by Gasteiger charge is -2.27. The topological polar surface area (TPSA) is 38.8 Å². The van der Waals surface area contributed by atoms with Gasteiger partial charge in [0.1, 0.15) is 5.75 Å². The molecule has 2 rings (SSSR count). The van der Waals surface area contributed by atoms with Gasteiger partial charge in [-0.1, -0.05) is 24.8 Å². The molecular weight excluding hydrogens is 242 g/mol. The highest BCUT2D eigenvalue weighted by atomic mass is 16.5. The van der Waals surface area contributed by atoms with Crippen molar-refractivity contribution in [2.75, 3.05) is 33.4 Å². The average molecular weight is 261 g/mol. The predicted molar refractivity (Wildman–Crippen MR) is 74.2 cm³/mol. The van der Waals surface area contributed by atoms with Gasteiger partial charge in [0.15, 0.2) is 0 Å². The Kier molecular flexibility index (Phi) is 4.58. The van der Waals surface area contributed by atoms with Crippen molar-refractivity contribution in [2.45, 2.75) is 6.42 Å². The van der Waals surface area contributed by atoms with E-state index in [9.17, 15) is 4.79 Å². The first-order valence-corrected chi connectivity index (χ1v) is 6.39. The molecule has 4 nitrogen and oxygen atoms in total. The number of hydrogen-bond acceptors (Lipinski definition) is 3. The fourth-order valence-electron chi connectivity index (χ4n) is 2.12. The molecule has 4 heteroatoms. The van der Waals surface area contributed by atoms with Crippen LogP contribution >= 0.6 is 0 Å². The molecule has 1 saturated heterocycles. The highest BCUT2D eigenvalue weighted by molar-refractivity contribution is 5.79. The summed E-state index contributed by atoms with van der Waals surface area (Å²) in [5.41, 5.74) is 1.89. The average Bonchev–Trinajstić information content (AvgIpc) is 2.48. The number of benzene rings is 1. The van der Waals surface area contributed by atoms with Crippen molar-refractivity contribution < 1.29 is 14.3 Å². The van der Waals surface area contributed by atoms with Crippen LogP contribution in [0.2, 0.25) is 0 Å². The third-order valence-electron chi connectivity index (χ3n) is 3.25. The van der Waals surface area contributed by atoms with Crippen molar-refractivity contribution in [1.82, 2.24) is 4.90 Å². The largest absolute Gasteiger partial charge is 0.496 e. The van der Waals surface area contributed by atoms with E-state index in [1.807, 2.05) is 23.1 Å². The maximum Gasteiger partial charge on any atom is 0.227 e. The summed E-state index contributed by atoms with van der Waals surface area (Å²) in [4.78, 5) is 14.0. The summed E-state index contributed by atoms with van der Waals surface area (Å²) in [5, 5.41) is 0. The van der Waals surface area contributed by atoms with Crippen LogP contribution in [0.25, 0.3) is 6.08 Å². The van der Waals surface area contributed by atoms with E-state index in [-0.39, 0.29) is 5.91 Å². The van der Waals surface area contributed by atoms with Crippen molar-refractivity contribution in [3.05, 3.63) is 35.9 Å². The zero-order chi connectivity index (χ0) is 13.7. The molecule has 1 aromatic rings. The van der Waals surface area contributed by atoms with E-state index in [0.29, 0.717) is 32.7 Å². The number of rotatable bonds is 4. The second kappa shape index (κ2) is 6.38. The molecule has 1 amide bonds. The Balaban J connectivity index is 2.09. The molecule has 0 atom stereocenters. The van der Waals surface area contributed by atoms with Crippen LogP contribution in [0.5, 0.6) is 5.75 Å². The summed E-state index contributed by atoms with van der Waals surface area (Å²) in [6.07, 6.45) is 2.12. The lowest BCUT2D eigenvalue weighted by atomic mass is 10.1. The second-order valence-corrected chi connectivity index (χ2v) is 4.45. The lowest BCUT2D eigenvalue weighted by Crippen LogP contribution is -2.41. The van der Waals surface area contributed by atoms with Crippen LogP contribution in [0.1, 0.15) is 11.1 Å². The number of nitrogens with zero attached hydrogens (tertiary/aromatic N) is 1. The summed E-state index contributed by atoms with van der Waals surface area (Å²) in [7, 11) is 1.62. The Hall–Kier alpha value is -1.81. The Morgan fingerprint density at radius 1 is 1.47 bits per heavy atom. The van der Waals surface area contributed by atoms with Crippen LogP contribution in [0.3, 0.4) is 0 Å². The zero-order valence-electron chi connectivity index (χ0n) is 11.2. The Labute approximate surface area is 113 Å². The van der Waals surface area contributed by atoms with E-state index in [2.05, 4.69) is 6.58 Å². The van der Waals surface area contributed by atoms with Crippen LogP contribution in [0.15, 0.2) is 24.8 Å². The number of morpholine rings is 1. The van der Waals surface area contributed by atoms with Crippen LogP contribution in [-0.2, 0) is 16.0 Å². The van der Waals surface area contributed by atoms with Crippen molar-refractivity contribution in [3.8, 4) is 5.75 Å². The van der Waals surface area contributed by atoms with Gasteiger partial charge in [0.2, 0.25) is 5.91 Å². The molecule has 0 unspecified atom stereocenters. The van der Waals surface area contributed by atoms with Gasteiger partial charge in [0.05, 0.1) is 26.7 Å². The Morgan fingerprint density at radius 3 is 2.84 bits per heavy atom. The van der Waals surface area contributed by atoms with Gasteiger partial charge < -0.3 is 14.4 Å². The second-order valence-electron chi connectivity index (χ2n) is 4.45. The highest BCUT2D eigenvalue weighted by Gasteiger charge is 2.18. The third kappa shape index (κ3) is 3.35.